The van der Waals surface area contributed by atoms with Gasteiger partial charge < -0.3 is 5.73 Å². The molecule has 80 valence electrons. The van der Waals surface area contributed by atoms with Crippen molar-refractivity contribution in [1.82, 2.24) is 0 Å². The van der Waals surface area contributed by atoms with Gasteiger partial charge in [0.2, 0.25) is 0 Å². The van der Waals surface area contributed by atoms with Gasteiger partial charge in [-0.05, 0) is 12.1 Å². The van der Waals surface area contributed by atoms with Crippen molar-refractivity contribution in [3.63, 3.8) is 0 Å². The largest absolute Gasteiger partial charge is 0.385 e. The fourth-order valence-electron chi connectivity index (χ4n) is 1.51. The lowest BCUT2D eigenvalue weighted by Crippen LogP contribution is -2.20. The van der Waals surface area contributed by atoms with E-state index in [1.807, 2.05) is 6.92 Å². The number of nitrogens with zero attached hydrogens (tertiary/aromatic N) is 2. The number of anilines is 1. The Balaban J connectivity index is 2.40. The molecule has 1 aliphatic rings. The number of para-hydroxylation sites is 1. The minimum atomic E-state index is -0.381. The van der Waals surface area contributed by atoms with Crippen molar-refractivity contribution in [3.8, 4) is 0 Å². The maximum absolute atomic E-state index is 13.5. The van der Waals surface area contributed by atoms with Crippen LogP contribution in [0.25, 0.3) is 0 Å². The molecule has 1 aromatic carbocycles. The van der Waals surface area contributed by atoms with Crippen molar-refractivity contribution < 1.29 is 4.39 Å². The van der Waals surface area contributed by atoms with Gasteiger partial charge in [-0.1, -0.05) is 24.6 Å². The van der Waals surface area contributed by atoms with Crippen LogP contribution >= 0.6 is 11.6 Å². The smallest absolute Gasteiger partial charge is 0.149 e. The predicted molar refractivity (Wildman–Crippen MR) is 59.5 cm³/mol. The summed E-state index contributed by atoms with van der Waals surface area (Å²) in [6.45, 7) is 2.50. The molecule has 0 aliphatic carbocycles. The Morgan fingerprint density at radius 1 is 1.60 bits per heavy atom. The molecule has 0 radical (unpaired) electrons. The summed E-state index contributed by atoms with van der Waals surface area (Å²) in [4.78, 5) is 0. The van der Waals surface area contributed by atoms with Gasteiger partial charge in [-0.3, -0.25) is 5.01 Å². The molecular weight excluding hydrogens is 217 g/mol. The molecule has 1 atom stereocenters. The van der Waals surface area contributed by atoms with Gasteiger partial charge in [0.15, 0.2) is 0 Å². The van der Waals surface area contributed by atoms with Crippen LogP contribution in [0, 0.1) is 11.7 Å². The lowest BCUT2D eigenvalue weighted by Gasteiger charge is -2.16. The highest BCUT2D eigenvalue weighted by atomic mass is 35.5. The summed E-state index contributed by atoms with van der Waals surface area (Å²) in [5, 5.41) is 5.92. The Kier molecular flexibility index (Phi) is 2.52. The van der Waals surface area contributed by atoms with Crippen LogP contribution in [0.4, 0.5) is 10.1 Å². The van der Waals surface area contributed by atoms with Gasteiger partial charge in [-0.2, -0.15) is 5.10 Å². The van der Waals surface area contributed by atoms with Gasteiger partial charge in [-0.15, -0.1) is 0 Å². The minimum Gasteiger partial charge on any atom is -0.385 e. The van der Waals surface area contributed by atoms with Crippen LogP contribution in [0.3, 0.4) is 0 Å². The van der Waals surface area contributed by atoms with E-state index in [0.717, 1.165) is 0 Å². The SMILES string of the molecule is CC1CN(c2c(F)cccc2Cl)N=C1N. The molecule has 1 aliphatic heterocycles. The highest BCUT2D eigenvalue weighted by Crippen LogP contribution is 2.31. The number of hydrogen-bond acceptors (Lipinski definition) is 3. The van der Waals surface area contributed by atoms with Crippen LogP contribution in [-0.4, -0.2) is 12.4 Å². The first-order chi connectivity index (χ1) is 7.09. The Bertz CT molecular complexity index is 399. The third kappa shape index (κ3) is 1.77. The van der Waals surface area contributed by atoms with E-state index in [0.29, 0.717) is 23.1 Å². The van der Waals surface area contributed by atoms with Gasteiger partial charge in [0.05, 0.1) is 11.6 Å². The van der Waals surface area contributed by atoms with Crippen LogP contribution in [0.1, 0.15) is 6.92 Å². The van der Waals surface area contributed by atoms with Gasteiger partial charge in [0.1, 0.15) is 17.3 Å². The van der Waals surface area contributed by atoms with Crippen molar-refractivity contribution in [3.05, 3.63) is 29.0 Å². The Labute approximate surface area is 92.3 Å². The second kappa shape index (κ2) is 3.70. The first-order valence-electron chi connectivity index (χ1n) is 4.65. The van der Waals surface area contributed by atoms with Crippen LogP contribution in [-0.2, 0) is 0 Å². The number of halogens is 2. The summed E-state index contributed by atoms with van der Waals surface area (Å²) < 4.78 is 13.5. The van der Waals surface area contributed by atoms with Crippen molar-refractivity contribution in [2.45, 2.75) is 6.92 Å². The summed E-state index contributed by atoms with van der Waals surface area (Å²) in [6.07, 6.45) is 0. The Hall–Kier alpha value is -1.29. The van der Waals surface area contributed by atoms with E-state index in [4.69, 9.17) is 17.3 Å². The molecule has 0 aromatic heterocycles. The molecule has 0 saturated carbocycles. The van der Waals surface area contributed by atoms with E-state index in [9.17, 15) is 4.39 Å². The normalized spacial score (nSPS) is 20.6. The number of hydrazone groups is 1. The van der Waals surface area contributed by atoms with Crippen LogP contribution in [0.15, 0.2) is 23.3 Å². The van der Waals surface area contributed by atoms with Crippen molar-refractivity contribution in [2.75, 3.05) is 11.6 Å². The molecule has 3 nitrogen and oxygen atoms in total. The van der Waals surface area contributed by atoms with E-state index >= 15 is 0 Å². The van der Waals surface area contributed by atoms with E-state index in [1.165, 1.54) is 11.1 Å². The first-order valence-corrected chi connectivity index (χ1v) is 5.03. The highest BCUT2D eigenvalue weighted by molar-refractivity contribution is 6.33. The number of rotatable bonds is 1. The number of amidine groups is 1. The molecule has 15 heavy (non-hydrogen) atoms. The zero-order valence-corrected chi connectivity index (χ0v) is 9.00. The Morgan fingerprint density at radius 3 is 2.87 bits per heavy atom. The number of benzene rings is 1. The van der Waals surface area contributed by atoms with Crippen molar-refractivity contribution in [1.29, 1.82) is 0 Å². The average Bonchev–Trinajstić information content (AvgIpc) is 2.46. The third-order valence-corrected chi connectivity index (χ3v) is 2.69. The van der Waals surface area contributed by atoms with E-state index < -0.39 is 0 Å². The van der Waals surface area contributed by atoms with Gasteiger partial charge in [0, 0.05) is 5.92 Å². The molecule has 1 unspecified atom stereocenters. The summed E-state index contributed by atoms with van der Waals surface area (Å²) in [7, 11) is 0. The zero-order chi connectivity index (χ0) is 11.0. The second-order valence-corrected chi connectivity index (χ2v) is 3.99. The van der Waals surface area contributed by atoms with E-state index in [-0.39, 0.29) is 11.7 Å². The second-order valence-electron chi connectivity index (χ2n) is 3.58. The molecule has 1 heterocycles. The monoisotopic (exact) mass is 227 g/mol. The summed E-state index contributed by atoms with van der Waals surface area (Å²) in [6, 6.07) is 4.55. The van der Waals surface area contributed by atoms with Gasteiger partial charge in [0.25, 0.3) is 0 Å². The molecule has 0 bridgehead atoms. The van der Waals surface area contributed by atoms with E-state index in [2.05, 4.69) is 5.10 Å². The standard InChI is InChI=1S/C10H11ClFN3/c1-6-5-15(14-10(6)13)9-7(11)3-2-4-8(9)12/h2-4,6H,5H2,1H3,(H2,13,14). The molecule has 0 fully saturated rings. The average molecular weight is 228 g/mol. The molecule has 1 aromatic rings. The molecule has 0 spiro atoms. The number of hydrogen-bond donors (Lipinski definition) is 1. The fraction of sp³-hybridized carbons (Fsp3) is 0.300. The lowest BCUT2D eigenvalue weighted by molar-refractivity contribution is 0.618. The van der Waals surface area contributed by atoms with Crippen molar-refractivity contribution >= 4 is 23.1 Å². The summed E-state index contributed by atoms with van der Waals surface area (Å²) in [5.41, 5.74) is 5.95. The Morgan fingerprint density at radius 2 is 2.33 bits per heavy atom. The molecule has 2 rings (SSSR count). The van der Waals surface area contributed by atoms with Gasteiger partial charge >= 0.3 is 0 Å². The zero-order valence-electron chi connectivity index (χ0n) is 8.24. The molecular formula is C10H11ClFN3. The molecule has 0 saturated heterocycles. The summed E-state index contributed by atoms with van der Waals surface area (Å²) in [5.74, 6) is 0.253. The van der Waals surface area contributed by atoms with E-state index in [1.54, 1.807) is 12.1 Å². The minimum absolute atomic E-state index is 0.126. The van der Waals surface area contributed by atoms with Gasteiger partial charge in [-0.25, -0.2) is 4.39 Å². The van der Waals surface area contributed by atoms with Crippen LogP contribution in [0.2, 0.25) is 5.02 Å². The topological polar surface area (TPSA) is 41.6 Å². The molecule has 0 amide bonds. The van der Waals surface area contributed by atoms with Crippen molar-refractivity contribution in [2.24, 2.45) is 16.8 Å². The maximum atomic E-state index is 13.5. The van der Waals surface area contributed by atoms with Crippen LogP contribution < -0.4 is 10.7 Å². The third-order valence-electron chi connectivity index (χ3n) is 2.38. The molecule has 2 N–H and O–H groups in total. The lowest BCUT2D eigenvalue weighted by atomic mass is 10.2. The summed E-state index contributed by atoms with van der Waals surface area (Å²) >= 11 is 5.91. The predicted octanol–water partition coefficient (Wildman–Crippen LogP) is 2.21. The fourth-order valence-corrected chi connectivity index (χ4v) is 1.77. The molecule has 5 heteroatoms. The maximum Gasteiger partial charge on any atom is 0.149 e. The van der Waals surface area contributed by atoms with Crippen LogP contribution in [0.5, 0.6) is 0 Å². The first kappa shape index (κ1) is 10.2. The highest BCUT2D eigenvalue weighted by Gasteiger charge is 2.24. The quantitative estimate of drug-likeness (QED) is 0.799. The number of nitrogens with two attached hydrogens (primary N) is 1.